The zero-order chi connectivity index (χ0) is 16.6. The van der Waals surface area contributed by atoms with Crippen LogP contribution >= 0.6 is 0 Å². The van der Waals surface area contributed by atoms with Gasteiger partial charge < -0.3 is 14.7 Å². The number of amides is 1. The van der Waals surface area contributed by atoms with Crippen LogP contribution in [0.4, 0.5) is 5.82 Å². The molecule has 2 aromatic rings. The summed E-state index contributed by atoms with van der Waals surface area (Å²) in [6, 6.07) is 1.94. The second kappa shape index (κ2) is 5.60. The van der Waals surface area contributed by atoms with Crippen molar-refractivity contribution in [3.8, 4) is 0 Å². The van der Waals surface area contributed by atoms with Crippen molar-refractivity contribution in [2.24, 2.45) is 0 Å². The van der Waals surface area contributed by atoms with Gasteiger partial charge in [0.05, 0.1) is 0 Å². The van der Waals surface area contributed by atoms with E-state index in [-0.39, 0.29) is 5.91 Å². The number of rotatable bonds is 3. The Morgan fingerprint density at radius 2 is 2.09 bits per heavy atom. The van der Waals surface area contributed by atoms with Crippen LogP contribution in [0.2, 0.25) is 0 Å². The summed E-state index contributed by atoms with van der Waals surface area (Å²) >= 11 is 0. The van der Waals surface area contributed by atoms with E-state index in [9.17, 15) is 4.79 Å². The first-order valence-corrected chi connectivity index (χ1v) is 7.55. The SMILES string of the molecule is CC(=O)N[C@@]1(c2noc(C)n2)CCN(c2cc(C)nc(C)n2)C1. The minimum absolute atomic E-state index is 0.121. The molecule has 23 heavy (non-hydrogen) atoms. The van der Waals surface area contributed by atoms with Gasteiger partial charge in [-0.2, -0.15) is 4.98 Å². The van der Waals surface area contributed by atoms with Crippen LogP contribution in [0, 0.1) is 20.8 Å². The second-order valence-corrected chi connectivity index (χ2v) is 5.99. The molecule has 122 valence electrons. The minimum Gasteiger partial charge on any atom is -0.354 e. The Morgan fingerprint density at radius 1 is 1.30 bits per heavy atom. The Morgan fingerprint density at radius 3 is 2.70 bits per heavy atom. The van der Waals surface area contributed by atoms with Crippen molar-refractivity contribution in [2.75, 3.05) is 18.0 Å². The van der Waals surface area contributed by atoms with E-state index in [1.165, 1.54) is 6.92 Å². The maximum Gasteiger partial charge on any atom is 0.223 e. The molecule has 0 radical (unpaired) electrons. The summed E-state index contributed by atoms with van der Waals surface area (Å²) in [5.74, 6) is 2.45. The third-order valence-electron chi connectivity index (χ3n) is 3.92. The molecule has 3 heterocycles. The van der Waals surface area contributed by atoms with Crippen LogP contribution in [0.3, 0.4) is 0 Å². The Labute approximate surface area is 134 Å². The predicted octanol–water partition coefficient (Wildman–Crippen LogP) is 1.03. The van der Waals surface area contributed by atoms with E-state index < -0.39 is 5.54 Å². The molecule has 1 atom stereocenters. The van der Waals surface area contributed by atoms with Crippen LogP contribution in [0.15, 0.2) is 10.6 Å². The number of nitrogens with zero attached hydrogens (tertiary/aromatic N) is 5. The number of hydrogen-bond acceptors (Lipinski definition) is 7. The van der Waals surface area contributed by atoms with E-state index in [1.807, 2.05) is 19.9 Å². The molecule has 1 aliphatic rings. The third kappa shape index (κ3) is 3.01. The Kier molecular flexibility index (Phi) is 3.75. The van der Waals surface area contributed by atoms with Crippen LogP contribution in [-0.4, -0.2) is 39.1 Å². The Balaban J connectivity index is 1.93. The predicted molar refractivity (Wildman–Crippen MR) is 82.9 cm³/mol. The zero-order valence-electron chi connectivity index (χ0n) is 13.8. The van der Waals surface area contributed by atoms with Crippen molar-refractivity contribution >= 4 is 11.7 Å². The van der Waals surface area contributed by atoms with E-state index in [2.05, 4.69) is 30.3 Å². The normalized spacial score (nSPS) is 20.8. The molecule has 1 N–H and O–H groups in total. The lowest BCUT2D eigenvalue weighted by molar-refractivity contribution is -0.120. The van der Waals surface area contributed by atoms with Gasteiger partial charge in [-0.25, -0.2) is 9.97 Å². The van der Waals surface area contributed by atoms with E-state index in [0.717, 1.165) is 23.9 Å². The fourth-order valence-electron chi connectivity index (χ4n) is 3.04. The quantitative estimate of drug-likeness (QED) is 0.903. The molecule has 0 aromatic carbocycles. The topological polar surface area (TPSA) is 97.0 Å². The lowest BCUT2D eigenvalue weighted by atomic mass is 9.97. The summed E-state index contributed by atoms with van der Waals surface area (Å²) in [6.45, 7) is 8.33. The first-order chi connectivity index (χ1) is 10.9. The van der Waals surface area contributed by atoms with Crippen LogP contribution in [0.25, 0.3) is 0 Å². The minimum atomic E-state index is -0.656. The van der Waals surface area contributed by atoms with E-state index in [0.29, 0.717) is 24.7 Å². The number of hydrogen-bond donors (Lipinski definition) is 1. The fraction of sp³-hybridized carbons (Fsp3) is 0.533. The average molecular weight is 316 g/mol. The van der Waals surface area contributed by atoms with Crippen molar-refractivity contribution in [3.63, 3.8) is 0 Å². The lowest BCUT2D eigenvalue weighted by Gasteiger charge is -2.27. The molecular formula is C15H20N6O2. The van der Waals surface area contributed by atoms with Gasteiger partial charge in [0.15, 0.2) is 5.82 Å². The third-order valence-corrected chi connectivity index (χ3v) is 3.92. The Bertz CT molecular complexity index is 723. The van der Waals surface area contributed by atoms with E-state index in [4.69, 9.17) is 4.52 Å². The number of anilines is 1. The van der Waals surface area contributed by atoms with Crippen molar-refractivity contribution in [1.82, 2.24) is 25.4 Å². The van der Waals surface area contributed by atoms with E-state index >= 15 is 0 Å². The number of aryl methyl sites for hydroxylation is 3. The molecule has 8 heteroatoms. The van der Waals surface area contributed by atoms with Crippen LogP contribution in [0.5, 0.6) is 0 Å². The Hall–Kier alpha value is -2.51. The second-order valence-electron chi connectivity index (χ2n) is 5.99. The summed E-state index contributed by atoms with van der Waals surface area (Å²) in [4.78, 5) is 26.9. The van der Waals surface area contributed by atoms with Crippen LogP contribution < -0.4 is 10.2 Å². The molecule has 1 saturated heterocycles. The summed E-state index contributed by atoms with van der Waals surface area (Å²) < 4.78 is 5.11. The highest BCUT2D eigenvalue weighted by molar-refractivity contribution is 5.74. The molecule has 1 amide bonds. The van der Waals surface area contributed by atoms with Gasteiger partial charge >= 0.3 is 0 Å². The van der Waals surface area contributed by atoms with Crippen molar-refractivity contribution in [1.29, 1.82) is 0 Å². The molecular weight excluding hydrogens is 296 g/mol. The van der Waals surface area contributed by atoms with Gasteiger partial charge in [0.1, 0.15) is 17.2 Å². The molecule has 0 spiro atoms. The molecule has 0 unspecified atom stereocenters. The number of carbonyl (C=O) groups is 1. The van der Waals surface area contributed by atoms with Crippen molar-refractivity contribution in [2.45, 2.75) is 39.7 Å². The highest BCUT2D eigenvalue weighted by atomic mass is 16.5. The summed E-state index contributed by atoms with van der Waals surface area (Å²) in [6.07, 6.45) is 0.688. The fourth-order valence-corrected chi connectivity index (χ4v) is 3.04. The molecule has 0 saturated carbocycles. The molecule has 2 aromatic heterocycles. The average Bonchev–Trinajstić information content (AvgIpc) is 3.05. The monoisotopic (exact) mass is 316 g/mol. The van der Waals surface area contributed by atoms with E-state index in [1.54, 1.807) is 6.92 Å². The smallest absolute Gasteiger partial charge is 0.223 e. The van der Waals surface area contributed by atoms with Gasteiger partial charge in [0.2, 0.25) is 11.8 Å². The van der Waals surface area contributed by atoms with Gasteiger partial charge in [0, 0.05) is 38.7 Å². The van der Waals surface area contributed by atoms with Crippen molar-refractivity contribution in [3.05, 3.63) is 29.3 Å². The molecule has 0 aliphatic carbocycles. The molecule has 0 bridgehead atoms. The standard InChI is InChI=1S/C15H20N6O2/c1-9-7-13(17-10(2)16-9)21-6-5-15(8-21,19-11(3)22)14-18-12(4)23-20-14/h7H,5-6,8H2,1-4H3,(H,19,22)/t15-/m0/s1. The van der Waals surface area contributed by atoms with Gasteiger partial charge in [-0.1, -0.05) is 5.16 Å². The molecule has 8 nitrogen and oxygen atoms in total. The first-order valence-electron chi connectivity index (χ1n) is 7.55. The lowest BCUT2D eigenvalue weighted by Crippen LogP contribution is -2.48. The highest BCUT2D eigenvalue weighted by Crippen LogP contribution is 2.32. The number of aromatic nitrogens is 4. The van der Waals surface area contributed by atoms with Crippen LogP contribution in [-0.2, 0) is 10.3 Å². The maximum atomic E-state index is 11.7. The van der Waals surface area contributed by atoms with Crippen molar-refractivity contribution < 1.29 is 9.32 Å². The zero-order valence-corrected chi connectivity index (χ0v) is 13.8. The van der Waals surface area contributed by atoms with Gasteiger partial charge in [-0.15, -0.1) is 0 Å². The first kappa shape index (κ1) is 15.4. The number of carbonyl (C=O) groups excluding carboxylic acids is 1. The summed E-state index contributed by atoms with van der Waals surface area (Å²) in [7, 11) is 0. The summed E-state index contributed by atoms with van der Waals surface area (Å²) in [5.41, 5.74) is 0.260. The van der Waals surface area contributed by atoms with Crippen LogP contribution in [0.1, 0.15) is 36.6 Å². The van der Waals surface area contributed by atoms with Gasteiger partial charge in [-0.3, -0.25) is 4.79 Å². The molecule has 1 aliphatic heterocycles. The summed E-state index contributed by atoms with van der Waals surface area (Å²) in [5, 5.41) is 7.03. The number of nitrogens with one attached hydrogen (secondary N) is 1. The maximum absolute atomic E-state index is 11.7. The molecule has 3 rings (SSSR count). The van der Waals surface area contributed by atoms with Gasteiger partial charge in [-0.05, 0) is 20.3 Å². The van der Waals surface area contributed by atoms with Gasteiger partial charge in [0.25, 0.3) is 0 Å². The molecule has 1 fully saturated rings. The highest BCUT2D eigenvalue weighted by Gasteiger charge is 2.44. The largest absolute Gasteiger partial charge is 0.354 e.